The molecule has 71 heavy (non-hydrogen) atoms. The average molecular weight is 1000 g/mol. The molecule has 1 aliphatic rings. The Bertz CT molecular complexity index is 4040. The van der Waals surface area contributed by atoms with E-state index >= 15 is 0 Å². The van der Waals surface area contributed by atoms with Crippen molar-refractivity contribution >= 4 is 77.1 Å². The van der Waals surface area contributed by atoms with Crippen molar-refractivity contribution in [3.8, 4) is 45.3 Å². The van der Waals surface area contributed by atoms with Gasteiger partial charge in [0.1, 0.15) is 5.82 Å². The van der Waals surface area contributed by atoms with Crippen LogP contribution in [0, 0.1) is 18.8 Å². The number of rotatable bonds is 8. The van der Waals surface area contributed by atoms with Gasteiger partial charge in [-0.2, -0.15) is 12.1 Å². The summed E-state index contributed by atoms with van der Waals surface area (Å²) >= 11 is 0. The van der Waals surface area contributed by atoms with Crippen molar-refractivity contribution in [2.45, 2.75) is 0 Å². The van der Waals surface area contributed by atoms with Crippen LogP contribution in [-0.4, -0.2) is 14.1 Å². The maximum absolute atomic E-state index is 6.77. The molecule has 10 aromatic carbocycles. The van der Waals surface area contributed by atoms with Crippen LogP contribution in [0.15, 0.2) is 237 Å². The van der Waals surface area contributed by atoms with Crippen LogP contribution in [0.2, 0.25) is 0 Å². The maximum atomic E-state index is 6.77. The molecule has 340 valence electrons. The molecule has 0 amide bonds. The van der Waals surface area contributed by atoms with Crippen LogP contribution >= 0.6 is 0 Å². The number of ether oxygens (including phenoxy) is 1. The Labute approximate surface area is 424 Å². The molecular weight excluding hydrogens is 961 g/mol. The summed E-state index contributed by atoms with van der Waals surface area (Å²) in [6.45, 7) is 2.21. The molecule has 13 aromatic rings. The quantitative estimate of drug-likeness (QED) is 0.112. The van der Waals surface area contributed by atoms with Crippen LogP contribution in [0.1, 0.15) is 0 Å². The van der Waals surface area contributed by atoms with E-state index in [2.05, 4.69) is 232 Å². The molecule has 0 fully saturated rings. The monoisotopic (exact) mass is 1000 g/mol. The Balaban J connectivity index is 0.00000492. The fourth-order valence-corrected chi connectivity index (χ4v) is 10.6. The van der Waals surface area contributed by atoms with E-state index < -0.39 is 0 Å². The van der Waals surface area contributed by atoms with E-state index in [9.17, 15) is 0 Å². The number of nitrogens with zero attached hydrogens (tertiary/aromatic N) is 5. The van der Waals surface area contributed by atoms with E-state index in [0.717, 1.165) is 89.1 Å². The smallest absolute Gasteiger partial charge is 0.135 e. The minimum Gasteiger partial charge on any atom is -0.509 e. The number of aromatic nitrogens is 3. The van der Waals surface area contributed by atoms with Crippen molar-refractivity contribution in [3.63, 3.8) is 0 Å². The molecular formula is C64H40N5OPd-3. The van der Waals surface area contributed by atoms with Crippen molar-refractivity contribution in [2.75, 3.05) is 9.80 Å². The van der Waals surface area contributed by atoms with Gasteiger partial charge >= 0.3 is 0 Å². The zero-order valence-electron chi connectivity index (χ0n) is 38.1. The van der Waals surface area contributed by atoms with E-state index in [1.807, 2.05) is 42.6 Å². The number of hydrogen-bond donors (Lipinski definition) is 0. The van der Waals surface area contributed by atoms with E-state index in [1.165, 1.54) is 21.8 Å². The van der Waals surface area contributed by atoms with Gasteiger partial charge in [0.05, 0.1) is 11.0 Å². The van der Waals surface area contributed by atoms with Gasteiger partial charge in [-0.15, -0.1) is 48.1 Å². The van der Waals surface area contributed by atoms with E-state index in [1.54, 1.807) is 0 Å². The van der Waals surface area contributed by atoms with Crippen molar-refractivity contribution in [1.82, 2.24) is 14.1 Å². The van der Waals surface area contributed by atoms with Gasteiger partial charge in [0.25, 0.3) is 0 Å². The van der Waals surface area contributed by atoms with E-state index in [0.29, 0.717) is 11.5 Å². The van der Waals surface area contributed by atoms with Gasteiger partial charge in [-0.05, 0) is 70.4 Å². The van der Waals surface area contributed by atoms with Gasteiger partial charge in [-0.25, -0.2) is 4.98 Å². The van der Waals surface area contributed by atoms with Crippen LogP contribution in [-0.2, 0) is 20.4 Å². The molecule has 0 saturated heterocycles. The maximum Gasteiger partial charge on any atom is 0.135 e. The second kappa shape index (κ2) is 17.3. The molecule has 0 radical (unpaired) electrons. The Morgan fingerprint density at radius 2 is 1.06 bits per heavy atom. The fraction of sp³-hybridized carbons (Fsp3) is 0. The molecule has 4 heterocycles. The molecule has 0 bridgehead atoms. The minimum absolute atomic E-state index is 0. The normalized spacial score (nSPS) is 12.3. The molecule has 0 atom stereocenters. The number of fused-ring (bicyclic) bond motifs is 9. The van der Waals surface area contributed by atoms with Gasteiger partial charge in [0.15, 0.2) is 0 Å². The number of benzene rings is 10. The summed E-state index contributed by atoms with van der Waals surface area (Å²) in [5.74, 6) is 1.95. The van der Waals surface area contributed by atoms with Crippen molar-refractivity contribution in [3.05, 3.63) is 256 Å². The molecule has 6 nitrogen and oxygen atoms in total. The molecule has 1 aliphatic heterocycles. The molecule has 0 unspecified atom stereocenters. The van der Waals surface area contributed by atoms with Gasteiger partial charge in [0.2, 0.25) is 0 Å². The topological polar surface area (TPSA) is 38.5 Å². The second-order valence-electron chi connectivity index (χ2n) is 17.6. The van der Waals surface area contributed by atoms with Crippen molar-refractivity contribution in [2.24, 2.45) is 0 Å². The third kappa shape index (κ3) is 7.01. The molecule has 14 rings (SSSR count). The predicted molar refractivity (Wildman–Crippen MR) is 287 cm³/mol. The number of hydrogen-bond acceptors (Lipinski definition) is 4. The SMILES string of the molecule is [Pd].[c-]1c(Oc2[c-]c3c(cc2)c2cc(-n4c5ccccc5c5ccccc54)ccc2n3-c2ccccn2)cccc1N1[CH-]N(c2c(-c3ccccc3)cccc2-c2ccccc2)c2c1ccc1ccccc21. The van der Waals surface area contributed by atoms with Crippen LogP contribution in [0.5, 0.6) is 11.5 Å². The van der Waals surface area contributed by atoms with Gasteiger partial charge in [-0.1, -0.05) is 157 Å². The zero-order chi connectivity index (χ0) is 46.1. The first-order valence-corrected chi connectivity index (χ1v) is 23.5. The standard InChI is InChI=1S/C64H40N5O.Pd/c1-3-17-43(18-4-1)50-27-16-28-51(44-19-5-2-6-20-44)63(50)67-42-66(60-36-32-45-21-7-8-24-52(45)64(60)67)46-22-15-23-48(39-46)70-49-34-35-55-56-40-47(33-37-59(56)69(61(55)41-49)62-31-13-14-38-65-62)68-57-29-11-9-25-53(57)54-26-10-12-30-58(54)68;/h1-38,40,42H;/q-3;. The number of anilines is 4. The first kappa shape index (κ1) is 42.4. The van der Waals surface area contributed by atoms with Gasteiger partial charge in [-0.3, -0.25) is 0 Å². The summed E-state index contributed by atoms with van der Waals surface area (Å²) in [6, 6.07) is 88.5. The summed E-state index contributed by atoms with van der Waals surface area (Å²) in [5, 5.41) is 6.93. The minimum atomic E-state index is 0. The second-order valence-corrected chi connectivity index (χ2v) is 17.6. The van der Waals surface area contributed by atoms with E-state index in [4.69, 9.17) is 9.72 Å². The zero-order valence-corrected chi connectivity index (χ0v) is 39.6. The molecule has 3 aromatic heterocycles. The summed E-state index contributed by atoms with van der Waals surface area (Å²) in [6.07, 6.45) is 1.83. The average Bonchev–Trinajstić information content (AvgIpc) is 4.10. The van der Waals surface area contributed by atoms with Gasteiger partial charge in [0, 0.05) is 93.7 Å². The molecule has 0 N–H and O–H groups in total. The largest absolute Gasteiger partial charge is 0.509 e. The van der Waals surface area contributed by atoms with Crippen LogP contribution < -0.4 is 14.5 Å². The number of pyridine rings is 1. The summed E-state index contributed by atoms with van der Waals surface area (Å²) in [7, 11) is 0. The third-order valence-electron chi connectivity index (χ3n) is 13.6. The predicted octanol–water partition coefficient (Wildman–Crippen LogP) is 16.6. The Morgan fingerprint density at radius 3 is 1.77 bits per heavy atom. The molecule has 7 heteroatoms. The van der Waals surface area contributed by atoms with Crippen LogP contribution in [0.3, 0.4) is 0 Å². The Morgan fingerprint density at radius 1 is 0.423 bits per heavy atom. The van der Waals surface area contributed by atoms with Gasteiger partial charge < -0.3 is 23.7 Å². The summed E-state index contributed by atoms with van der Waals surface area (Å²) < 4.78 is 11.3. The van der Waals surface area contributed by atoms with Crippen LogP contribution in [0.25, 0.3) is 88.1 Å². The fourth-order valence-electron chi connectivity index (χ4n) is 10.6. The van der Waals surface area contributed by atoms with E-state index in [-0.39, 0.29) is 20.4 Å². The third-order valence-corrected chi connectivity index (χ3v) is 13.6. The Kier molecular flexibility index (Phi) is 10.4. The summed E-state index contributed by atoms with van der Waals surface area (Å²) in [5.41, 5.74) is 14.0. The first-order valence-electron chi connectivity index (χ1n) is 23.5. The number of para-hydroxylation sites is 3. The molecule has 0 spiro atoms. The Hall–Kier alpha value is -8.73. The molecule has 0 saturated carbocycles. The van der Waals surface area contributed by atoms with Crippen molar-refractivity contribution < 1.29 is 25.2 Å². The van der Waals surface area contributed by atoms with Crippen molar-refractivity contribution in [1.29, 1.82) is 0 Å². The van der Waals surface area contributed by atoms with Crippen LogP contribution in [0.4, 0.5) is 22.7 Å². The summed E-state index contributed by atoms with van der Waals surface area (Å²) in [4.78, 5) is 9.43. The first-order chi connectivity index (χ1) is 34.7. The molecule has 0 aliphatic carbocycles.